The van der Waals surface area contributed by atoms with Crippen molar-refractivity contribution < 1.29 is 23.1 Å². The standard InChI is InChI=1S/C27H29FN4O4/c1-16(2)14-32-24(27(34)35-4)23(31-26(33)19-9-10-36-15-19)22-12-21(13-29-25(22)32)30-17(3)11-18-5-7-20(28)8-6-18/h5-10,12-13,15-17,30H,11,14H2,1-4H3,(H,31,33). The number of furan rings is 1. The van der Waals surface area contributed by atoms with E-state index in [-0.39, 0.29) is 23.5 Å². The first-order valence-corrected chi connectivity index (χ1v) is 11.7. The molecule has 1 unspecified atom stereocenters. The SMILES string of the molecule is COC(=O)c1c(NC(=O)c2ccoc2)c2cc(NC(C)Cc3ccc(F)cc3)cnc2n1CC(C)C. The van der Waals surface area contributed by atoms with E-state index in [1.807, 2.05) is 26.8 Å². The van der Waals surface area contributed by atoms with Crippen molar-refractivity contribution >= 4 is 34.3 Å². The molecule has 2 N–H and O–H groups in total. The van der Waals surface area contributed by atoms with E-state index in [1.165, 1.54) is 31.8 Å². The van der Waals surface area contributed by atoms with Crippen LogP contribution in [-0.2, 0) is 17.7 Å². The molecule has 4 rings (SSSR count). The van der Waals surface area contributed by atoms with Crippen molar-refractivity contribution in [2.75, 3.05) is 17.7 Å². The molecule has 0 saturated heterocycles. The Morgan fingerprint density at radius 3 is 2.56 bits per heavy atom. The monoisotopic (exact) mass is 492 g/mol. The summed E-state index contributed by atoms with van der Waals surface area (Å²) in [7, 11) is 1.30. The zero-order chi connectivity index (χ0) is 25.8. The van der Waals surface area contributed by atoms with E-state index in [1.54, 1.807) is 29.0 Å². The summed E-state index contributed by atoms with van der Waals surface area (Å²) in [5.41, 5.74) is 3.14. The number of hydrogen-bond acceptors (Lipinski definition) is 6. The maximum absolute atomic E-state index is 13.2. The molecule has 0 bridgehead atoms. The number of rotatable bonds is 9. The summed E-state index contributed by atoms with van der Waals surface area (Å²) in [4.78, 5) is 30.4. The second-order valence-corrected chi connectivity index (χ2v) is 9.16. The molecule has 0 saturated carbocycles. The molecular formula is C27H29FN4O4. The Morgan fingerprint density at radius 1 is 1.17 bits per heavy atom. The van der Waals surface area contributed by atoms with Gasteiger partial charge >= 0.3 is 5.97 Å². The Balaban J connectivity index is 1.74. The molecule has 0 fully saturated rings. The number of pyridine rings is 1. The summed E-state index contributed by atoms with van der Waals surface area (Å²) in [6, 6.07) is 9.81. The van der Waals surface area contributed by atoms with Gasteiger partial charge < -0.3 is 24.4 Å². The summed E-state index contributed by atoms with van der Waals surface area (Å²) < 4.78 is 25.1. The second kappa shape index (κ2) is 10.6. The summed E-state index contributed by atoms with van der Waals surface area (Å²) >= 11 is 0. The molecule has 0 aliphatic heterocycles. The third-order valence-electron chi connectivity index (χ3n) is 5.71. The zero-order valence-electron chi connectivity index (χ0n) is 20.7. The van der Waals surface area contributed by atoms with Gasteiger partial charge in [-0.1, -0.05) is 26.0 Å². The normalized spacial score (nSPS) is 12.1. The quantitative estimate of drug-likeness (QED) is 0.299. The summed E-state index contributed by atoms with van der Waals surface area (Å²) in [5, 5.41) is 6.88. The van der Waals surface area contributed by atoms with E-state index < -0.39 is 11.9 Å². The average Bonchev–Trinajstić information content (AvgIpc) is 3.47. The van der Waals surface area contributed by atoms with Crippen LogP contribution in [0.3, 0.4) is 0 Å². The first-order chi connectivity index (χ1) is 17.3. The van der Waals surface area contributed by atoms with Crippen LogP contribution in [-0.4, -0.2) is 34.6 Å². The molecule has 3 heterocycles. The Labute approximate surface area is 208 Å². The molecule has 1 aromatic carbocycles. The summed E-state index contributed by atoms with van der Waals surface area (Å²) in [5.74, 6) is -1.06. The van der Waals surface area contributed by atoms with E-state index >= 15 is 0 Å². The Hall–Kier alpha value is -4.14. The van der Waals surface area contributed by atoms with Gasteiger partial charge in [0.05, 0.1) is 36.5 Å². The van der Waals surface area contributed by atoms with Crippen molar-refractivity contribution in [2.24, 2.45) is 5.92 Å². The molecule has 4 aromatic rings. The number of ether oxygens (including phenoxy) is 1. The van der Waals surface area contributed by atoms with Crippen LogP contribution >= 0.6 is 0 Å². The van der Waals surface area contributed by atoms with E-state index in [9.17, 15) is 14.0 Å². The number of amides is 1. The van der Waals surface area contributed by atoms with Crippen molar-refractivity contribution in [3.05, 3.63) is 77.8 Å². The number of carbonyl (C=O) groups is 2. The van der Waals surface area contributed by atoms with Gasteiger partial charge in [-0.05, 0) is 49.1 Å². The van der Waals surface area contributed by atoms with Gasteiger partial charge in [0.2, 0.25) is 0 Å². The Morgan fingerprint density at radius 2 is 1.92 bits per heavy atom. The number of anilines is 2. The molecule has 0 aliphatic carbocycles. The van der Waals surface area contributed by atoms with Crippen molar-refractivity contribution in [3.8, 4) is 0 Å². The molecule has 9 heteroatoms. The molecule has 0 spiro atoms. The van der Waals surface area contributed by atoms with Crippen molar-refractivity contribution in [3.63, 3.8) is 0 Å². The molecule has 1 atom stereocenters. The third-order valence-corrected chi connectivity index (χ3v) is 5.71. The minimum atomic E-state index is -0.574. The Kier molecular flexibility index (Phi) is 7.38. The van der Waals surface area contributed by atoms with Gasteiger partial charge in [0.15, 0.2) is 5.69 Å². The van der Waals surface area contributed by atoms with Crippen LogP contribution in [0.1, 0.15) is 47.2 Å². The highest BCUT2D eigenvalue weighted by Gasteiger charge is 2.27. The van der Waals surface area contributed by atoms with E-state index in [0.717, 1.165) is 5.56 Å². The minimum absolute atomic E-state index is 0.0107. The predicted molar refractivity (Wildman–Crippen MR) is 136 cm³/mol. The van der Waals surface area contributed by atoms with Crippen LogP contribution in [0.2, 0.25) is 0 Å². The van der Waals surface area contributed by atoms with Crippen molar-refractivity contribution in [1.82, 2.24) is 9.55 Å². The number of halogens is 1. The van der Waals surface area contributed by atoms with Gasteiger partial charge in [0, 0.05) is 18.0 Å². The topological polar surface area (TPSA) is 98.4 Å². The first kappa shape index (κ1) is 25.0. The number of hydrogen-bond donors (Lipinski definition) is 2. The molecular weight excluding hydrogens is 463 g/mol. The molecule has 3 aromatic heterocycles. The van der Waals surface area contributed by atoms with Gasteiger partial charge in [-0.2, -0.15) is 0 Å². The van der Waals surface area contributed by atoms with Gasteiger partial charge in [-0.25, -0.2) is 14.2 Å². The predicted octanol–water partition coefficient (Wildman–Crippen LogP) is 5.51. The molecule has 188 valence electrons. The summed E-state index contributed by atoms with van der Waals surface area (Å²) in [6.45, 7) is 6.58. The fourth-order valence-electron chi connectivity index (χ4n) is 4.17. The van der Waals surface area contributed by atoms with E-state index in [4.69, 9.17) is 9.15 Å². The fraction of sp³-hybridized carbons (Fsp3) is 0.296. The zero-order valence-corrected chi connectivity index (χ0v) is 20.7. The fourth-order valence-corrected chi connectivity index (χ4v) is 4.17. The Bertz CT molecular complexity index is 1360. The van der Waals surface area contributed by atoms with Gasteiger partial charge in [-0.3, -0.25) is 4.79 Å². The lowest BCUT2D eigenvalue weighted by molar-refractivity contribution is 0.0589. The van der Waals surface area contributed by atoms with E-state index in [2.05, 4.69) is 15.6 Å². The maximum Gasteiger partial charge on any atom is 0.356 e. The number of nitrogens with zero attached hydrogens (tertiary/aromatic N) is 2. The number of methoxy groups -OCH3 is 1. The smallest absolute Gasteiger partial charge is 0.356 e. The molecule has 0 aliphatic rings. The molecule has 1 amide bonds. The van der Waals surface area contributed by atoms with Gasteiger partial charge in [-0.15, -0.1) is 0 Å². The van der Waals surface area contributed by atoms with Gasteiger partial charge in [0.1, 0.15) is 17.7 Å². The first-order valence-electron chi connectivity index (χ1n) is 11.7. The summed E-state index contributed by atoms with van der Waals surface area (Å²) in [6.07, 6.45) is 5.11. The highest BCUT2D eigenvalue weighted by molar-refractivity contribution is 6.14. The van der Waals surface area contributed by atoms with Crippen molar-refractivity contribution in [1.29, 1.82) is 0 Å². The minimum Gasteiger partial charge on any atom is -0.472 e. The molecule has 36 heavy (non-hydrogen) atoms. The van der Waals surface area contributed by atoms with Gasteiger partial charge in [0.25, 0.3) is 5.91 Å². The van der Waals surface area contributed by atoms with Crippen molar-refractivity contribution in [2.45, 2.75) is 39.8 Å². The lowest BCUT2D eigenvalue weighted by Gasteiger charge is -2.15. The van der Waals surface area contributed by atoms with Crippen LogP contribution < -0.4 is 10.6 Å². The molecule has 0 radical (unpaired) electrons. The number of esters is 1. The van der Waals surface area contributed by atoms with Crippen LogP contribution in [0.5, 0.6) is 0 Å². The van der Waals surface area contributed by atoms with Crippen LogP contribution in [0, 0.1) is 11.7 Å². The van der Waals surface area contributed by atoms with Crippen LogP contribution in [0.15, 0.2) is 59.5 Å². The second-order valence-electron chi connectivity index (χ2n) is 9.16. The average molecular weight is 493 g/mol. The number of fused-ring (bicyclic) bond motifs is 1. The largest absolute Gasteiger partial charge is 0.472 e. The van der Waals surface area contributed by atoms with E-state index in [0.29, 0.717) is 40.9 Å². The molecule has 8 nitrogen and oxygen atoms in total. The number of carbonyl (C=O) groups excluding carboxylic acids is 2. The lowest BCUT2D eigenvalue weighted by atomic mass is 10.1. The van der Waals surface area contributed by atoms with Crippen LogP contribution in [0.4, 0.5) is 15.8 Å². The van der Waals surface area contributed by atoms with Crippen LogP contribution in [0.25, 0.3) is 11.0 Å². The number of nitrogens with one attached hydrogen (secondary N) is 2. The number of benzene rings is 1. The third kappa shape index (κ3) is 5.40. The highest BCUT2D eigenvalue weighted by Crippen LogP contribution is 2.34. The number of aromatic nitrogens is 2. The lowest BCUT2D eigenvalue weighted by Crippen LogP contribution is -2.18. The maximum atomic E-state index is 13.2. The highest BCUT2D eigenvalue weighted by atomic mass is 19.1.